The van der Waals surface area contributed by atoms with E-state index < -0.39 is 26.0 Å². The predicted octanol–water partition coefficient (Wildman–Crippen LogP) is 3.53. The van der Waals surface area contributed by atoms with Gasteiger partial charge in [0.25, 0.3) is 5.91 Å². The summed E-state index contributed by atoms with van der Waals surface area (Å²) in [7, 11) is -7.06. The van der Waals surface area contributed by atoms with E-state index in [0.29, 0.717) is 18.8 Å². The Balaban J connectivity index is 1.71. The van der Waals surface area contributed by atoms with Gasteiger partial charge in [0.2, 0.25) is 20.0 Å². The number of nitrogens with one attached hydrogen (secondary N) is 2. The molecule has 8 nitrogen and oxygen atoms in total. The number of nitrogens with zero attached hydrogens (tertiary/aromatic N) is 1. The average molecular weight is 486 g/mol. The Labute approximate surface area is 187 Å². The summed E-state index contributed by atoms with van der Waals surface area (Å²) in [5, 5.41) is 2.76. The SMILES string of the molecule is CS(=O)(=O)Nc1ccc(C(=O)Nc2ccc(S(=O)(=O)N3CCCCCC3)cc2)cc1Cl. The van der Waals surface area contributed by atoms with Crippen LogP contribution in [0.5, 0.6) is 0 Å². The third-order valence-corrected chi connectivity index (χ3v) is 7.66. The highest BCUT2D eigenvalue weighted by molar-refractivity contribution is 7.92. The number of benzene rings is 2. The first-order chi connectivity index (χ1) is 14.6. The van der Waals surface area contributed by atoms with Gasteiger partial charge in [0, 0.05) is 24.3 Å². The number of carbonyl (C=O) groups is 1. The molecular weight excluding hydrogens is 462 g/mol. The Morgan fingerprint density at radius 1 is 0.935 bits per heavy atom. The van der Waals surface area contributed by atoms with Crippen molar-refractivity contribution in [2.45, 2.75) is 30.6 Å². The zero-order chi connectivity index (χ0) is 22.6. The Hall–Kier alpha value is -2.14. The molecule has 1 aliphatic heterocycles. The van der Waals surface area contributed by atoms with E-state index in [2.05, 4.69) is 10.0 Å². The van der Waals surface area contributed by atoms with Crippen molar-refractivity contribution >= 4 is 48.9 Å². The Bertz CT molecular complexity index is 1160. The van der Waals surface area contributed by atoms with Crippen molar-refractivity contribution in [2.24, 2.45) is 0 Å². The minimum atomic E-state index is -3.56. The summed E-state index contributed by atoms with van der Waals surface area (Å²) >= 11 is 6.06. The highest BCUT2D eigenvalue weighted by Gasteiger charge is 2.25. The highest BCUT2D eigenvalue weighted by Crippen LogP contribution is 2.25. The van der Waals surface area contributed by atoms with E-state index in [0.717, 1.165) is 31.9 Å². The van der Waals surface area contributed by atoms with Gasteiger partial charge in [0.05, 0.1) is 21.9 Å². The molecule has 2 N–H and O–H groups in total. The third kappa shape index (κ3) is 6.19. The van der Waals surface area contributed by atoms with Gasteiger partial charge in [-0.3, -0.25) is 9.52 Å². The van der Waals surface area contributed by atoms with Gasteiger partial charge >= 0.3 is 0 Å². The van der Waals surface area contributed by atoms with E-state index >= 15 is 0 Å². The molecule has 0 saturated carbocycles. The number of hydrogen-bond donors (Lipinski definition) is 2. The maximum atomic E-state index is 12.8. The Morgan fingerprint density at radius 3 is 2.10 bits per heavy atom. The van der Waals surface area contributed by atoms with E-state index in [-0.39, 0.29) is 21.2 Å². The van der Waals surface area contributed by atoms with Crippen LogP contribution in [0.15, 0.2) is 47.4 Å². The number of halogens is 1. The van der Waals surface area contributed by atoms with Gasteiger partial charge in [0.15, 0.2) is 0 Å². The second-order valence-corrected chi connectivity index (χ2v) is 11.5. The van der Waals surface area contributed by atoms with E-state index in [1.807, 2.05) is 0 Å². The van der Waals surface area contributed by atoms with Crippen LogP contribution in [0.1, 0.15) is 36.0 Å². The number of hydrogen-bond acceptors (Lipinski definition) is 5. The molecule has 31 heavy (non-hydrogen) atoms. The molecule has 1 saturated heterocycles. The molecule has 2 aromatic rings. The zero-order valence-corrected chi connectivity index (χ0v) is 19.4. The van der Waals surface area contributed by atoms with Gasteiger partial charge in [-0.05, 0) is 55.3 Å². The standard InChI is InChI=1S/C20H24ClN3O5S2/c1-30(26,27)23-19-11-6-15(14-18(19)21)20(25)22-16-7-9-17(10-8-16)31(28,29)24-12-4-2-3-5-13-24/h6-11,14,23H,2-5,12-13H2,1H3,(H,22,25). The third-order valence-electron chi connectivity index (χ3n) is 4.84. The maximum Gasteiger partial charge on any atom is 0.255 e. The first-order valence-electron chi connectivity index (χ1n) is 9.75. The molecule has 1 heterocycles. The van der Waals surface area contributed by atoms with Crippen LogP contribution in [0.4, 0.5) is 11.4 Å². The van der Waals surface area contributed by atoms with Crippen LogP contribution in [0.25, 0.3) is 0 Å². The van der Waals surface area contributed by atoms with Crippen LogP contribution >= 0.6 is 11.6 Å². The quantitative estimate of drug-likeness (QED) is 0.649. The van der Waals surface area contributed by atoms with Crippen molar-refractivity contribution in [1.82, 2.24) is 4.31 Å². The lowest BCUT2D eigenvalue weighted by Crippen LogP contribution is -2.31. The summed E-state index contributed by atoms with van der Waals surface area (Å²) in [5.74, 6) is -0.462. The summed E-state index contributed by atoms with van der Waals surface area (Å²) in [6.45, 7) is 1.04. The van der Waals surface area contributed by atoms with E-state index in [1.165, 1.54) is 46.8 Å². The molecule has 1 aliphatic rings. The van der Waals surface area contributed by atoms with E-state index in [9.17, 15) is 21.6 Å². The molecule has 0 bridgehead atoms. The minimum absolute atomic E-state index is 0.0805. The molecule has 0 aromatic heterocycles. The smallest absolute Gasteiger partial charge is 0.255 e. The van der Waals surface area contributed by atoms with Gasteiger partial charge in [-0.2, -0.15) is 4.31 Å². The van der Waals surface area contributed by atoms with Crippen LogP contribution in [0, 0.1) is 0 Å². The van der Waals surface area contributed by atoms with Gasteiger partial charge in [-0.1, -0.05) is 24.4 Å². The van der Waals surface area contributed by atoms with Crippen LogP contribution in [0.2, 0.25) is 5.02 Å². The number of sulfonamides is 2. The second kappa shape index (κ2) is 9.56. The van der Waals surface area contributed by atoms with Crippen molar-refractivity contribution in [3.63, 3.8) is 0 Å². The molecule has 0 radical (unpaired) electrons. The highest BCUT2D eigenvalue weighted by atomic mass is 35.5. The molecule has 1 amide bonds. The average Bonchev–Trinajstić information content (AvgIpc) is 2.99. The lowest BCUT2D eigenvalue weighted by Gasteiger charge is -2.20. The molecule has 168 valence electrons. The zero-order valence-electron chi connectivity index (χ0n) is 17.0. The second-order valence-electron chi connectivity index (χ2n) is 7.37. The molecule has 0 aliphatic carbocycles. The van der Waals surface area contributed by atoms with E-state index in [4.69, 9.17) is 11.6 Å². The monoisotopic (exact) mass is 485 g/mol. The van der Waals surface area contributed by atoms with Crippen molar-refractivity contribution in [2.75, 3.05) is 29.4 Å². The summed E-state index contributed by atoms with van der Waals surface area (Å²) in [6, 6.07) is 10.2. The predicted molar refractivity (Wildman–Crippen MR) is 122 cm³/mol. The van der Waals surface area contributed by atoms with Crippen LogP contribution in [-0.4, -0.2) is 46.4 Å². The Morgan fingerprint density at radius 2 is 1.55 bits per heavy atom. The number of amides is 1. The lowest BCUT2D eigenvalue weighted by atomic mass is 10.2. The molecule has 0 atom stereocenters. The van der Waals surface area contributed by atoms with Crippen molar-refractivity contribution in [1.29, 1.82) is 0 Å². The molecular formula is C20H24ClN3O5S2. The number of rotatable bonds is 6. The number of carbonyl (C=O) groups excluding carboxylic acids is 1. The first-order valence-corrected chi connectivity index (χ1v) is 13.5. The van der Waals surface area contributed by atoms with Gasteiger partial charge in [-0.15, -0.1) is 0 Å². The summed E-state index contributed by atoms with van der Waals surface area (Å²) in [6.07, 6.45) is 4.78. The van der Waals surface area contributed by atoms with Crippen molar-refractivity contribution in [3.05, 3.63) is 53.1 Å². The van der Waals surface area contributed by atoms with Gasteiger partial charge in [-0.25, -0.2) is 16.8 Å². The van der Waals surface area contributed by atoms with Gasteiger partial charge < -0.3 is 5.32 Å². The van der Waals surface area contributed by atoms with E-state index in [1.54, 1.807) is 0 Å². The molecule has 0 unspecified atom stereocenters. The molecule has 11 heteroatoms. The largest absolute Gasteiger partial charge is 0.322 e. The first kappa shape index (κ1) is 23.5. The lowest BCUT2D eigenvalue weighted by molar-refractivity contribution is 0.102. The fourth-order valence-corrected chi connectivity index (χ4v) is 5.66. The van der Waals surface area contributed by atoms with Crippen LogP contribution < -0.4 is 10.0 Å². The minimum Gasteiger partial charge on any atom is -0.322 e. The van der Waals surface area contributed by atoms with Crippen molar-refractivity contribution < 1.29 is 21.6 Å². The fraction of sp³-hybridized carbons (Fsp3) is 0.350. The summed E-state index contributed by atoms with van der Waals surface area (Å²) in [5.41, 5.74) is 0.823. The normalized spacial score (nSPS) is 15.8. The molecule has 0 spiro atoms. The van der Waals surface area contributed by atoms with Crippen LogP contribution in [-0.2, 0) is 20.0 Å². The number of anilines is 2. The Kier molecular flexibility index (Phi) is 7.25. The maximum absolute atomic E-state index is 12.8. The molecule has 1 fully saturated rings. The summed E-state index contributed by atoms with van der Waals surface area (Å²) < 4.78 is 52.1. The molecule has 2 aromatic carbocycles. The van der Waals surface area contributed by atoms with Crippen molar-refractivity contribution in [3.8, 4) is 0 Å². The summed E-state index contributed by atoms with van der Waals surface area (Å²) in [4.78, 5) is 12.7. The van der Waals surface area contributed by atoms with Gasteiger partial charge in [0.1, 0.15) is 0 Å². The molecule has 3 rings (SSSR count). The van der Waals surface area contributed by atoms with Crippen LogP contribution in [0.3, 0.4) is 0 Å². The fourth-order valence-electron chi connectivity index (χ4n) is 3.28. The topological polar surface area (TPSA) is 113 Å².